The molecule has 30 heavy (non-hydrogen) atoms. The molecule has 1 aromatic heterocycles. The van der Waals surface area contributed by atoms with E-state index in [1.807, 2.05) is 0 Å². The summed E-state index contributed by atoms with van der Waals surface area (Å²) in [5.74, 6) is -2.20. The molecule has 3 aliphatic rings. The summed E-state index contributed by atoms with van der Waals surface area (Å²) in [6.07, 6.45) is 1.65. The molecule has 2 heterocycles. The maximum absolute atomic E-state index is 15.4. The van der Waals surface area contributed by atoms with E-state index >= 15 is 8.78 Å². The third-order valence-electron chi connectivity index (χ3n) is 7.07. The molecule has 0 amide bonds. The molecule has 1 saturated heterocycles. The van der Waals surface area contributed by atoms with Gasteiger partial charge in [-0.1, -0.05) is 0 Å². The van der Waals surface area contributed by atoms with Gasteiger partial charge in [-0.25, -0.2) is 18.0 Å². The Balaban J connectivity index is 1.73. The summed E-state index contributed by atoms with van der Waals surface area (Å²) in [5, 5.41) is 9.25. The topological polar surface area (TPSA) is 88.6 Å². The van der Waals surface area contributed by atoms with Gasteiger partial charge in [0.2, 0.25) is 5.43 Å². The van der Waals surface area contributed by atoms with Crippen LogP contribution in [0.4, 0.5) is 18.9 Å². The minimum atomic E-state index is -1.62. The first-order chi connectivity index (χ1) is 14.1. The minimum Gasteiger partial charge on any atom is -0.477 e. The average Bonchev–Trinajstić information content (AvgIpc) is 3.22. The largest absolute Gasteiger partial charge is 0.477 e. The quantitative estimate of drug-likeness (QED) is 0.796. The predicted octanol–water partition coefficient (Wildman–Crippen LogP) is 2.84. The predicted molar refractivity (Wildman–Crippen MR) is 105 cm³/mol. The molecule has 5 rings (SSSR count). The summed E-state index contributed by atoms with van der Waals surface area (Å²) >= 11 is 0. The molecule has 9 heteroatoms. The Morgan fingerprint density at radius 3 is 2.63 bits per heavy atom. The Hall–Kier alpha value is -2.55. The molecule has 0 spiro atoms. The van der Waals surface area contributed by atoms with Crippen LogP contribution in [0.5, 0.6) is 0 Å². The van der Waals surface area contributed by atoms with E-state index in [2.05, 4.69) is 0 Å². The van der Waals surface area contributed by atoms with Crippen LogP contribution < -0.4 is 16.1 Å². The van der Waals surface area contributed by atoms with Gasteiger partial charge in [-0.2, -0.15) is 0 Å². The van der Waals surface area contributed by atoms with E-state index in [-0.39, 0.29) is 36.1 Å². The zero-order chi connectivity index (χ0) is 21.6. The van der Waals surface area contributed by atoms with Crippen LogP contribution in [0.1, 0.15) is 47.6 Å². The van der Waals surface area contributed by atoms with Crippen LogP contribution in [0.2, 0.25) is 0 Å². The molecule has 160 valence electrons. The molecule has 2 aliphatic carbocycles. The van der Waals surface area contributed by atoms with E-state index in [0.717, 1.165) is 12.3 Å². The van der Waals surface area contributed by atoms with Crippen molar-refractivity contribution >= 4 is 22.6 Å². The number of nitrogens with two attached hydrogens (primary N) is 1. The summed E-state index contributed by atoms with van der Waals surface area (Å²) < 4.78 is 45.9. The number of fused-ring (bicyclic) bond motifs is 2. The smallest absolute Gasteiger partial charge is 0.341 e. The molecule has 1 aliphatic heterocycles. The summed E-state index contributed by atoms with van der Waals surface area (Å²) in [5.41, 5.74) is 3.04. The van der Waals surface area contributed by atoms with Gasteiger partial charge in [0.25, 0.3) is 0 Å². The number of anilines is 1. The number of carboxylic acid groups (broad SMARTS) is 1. The number of aryl methyl sites for hydroxylation is 1. The van der Waals surface area contributed by atoms with Gasteiger partial charge < -0.3 is 20.3 Å². The first-order valence-corrected chi connectivity index (χ1v) is 10.0. The zero-order valence-corrected chi connectivity index (χ0v) is 16.4. The minimum absolute atomic E-state index is 0.0562. The number of aromatic carboxylic acids is 1. The monoisotopic (exact) mass is 421 g/mol. The maximum Gasteiger partial charge on any atom is 0.341 e. The van der Waals surface area contributed by atoms with Gasteiger partial charge in [-0.3, -0.25) is 4.79 Å². The zero-order valence-electron chi connectivity index (χ0n) is 16.4. The molecular weight excluding hydrogens is 399 g/mol. The normalized spacial score (nSPS) is 32.6. The number of carbonyl (C=O) groups is 1. The molecule has 2 saturated carbocycles. The van der Waals surface area contributed by atoms with E-state index < -0.39 is 46.2 Å². The highest BCUT2D eigenvalue weighted by atomic mass is 19.1. The molecule has 6 nitrogen and oxygen atoms in total. The lowest BCUT2D eigenvalue weighted by Crippen LogP contribution is -2.53. The number of nitrogens with zero attached hydrogens (tertiary/aromatic N) is 2. The number of pyridine rings is 1. The summed E-state index contributed by atoms with van der Waals surface area (Å²) in [4.78, 5) is 25.8. The van der Waals surface area contributed by atoms with Gasteiger partial charge in [0.05, 0.1) is 29.3 Å². The number of hydrogen-bond acceptors (Lipinski definition) is 4. The van der Waals surface area contributed by atoms with E-state index in [1.165, 1.54) is 4.57 Å². The number of hydrogen-bond donors (Lipinski definition) is 2. The maximum atomic E-state index is 15.4. The fourth-order valence-corrected chi connectivity index (χ4v) is 5.38. The number of benzene rings is 1. The molecule has 4 atom stereocenters. The van der Waals surface area contributed by atoms with Crippen molar-refractivity contribution in [3.63, 3.8) is 0 Å². The summed E-state index contributed by atoms with van der Waals surface area (Å²) in [6, 6.07) is 0.371. The second-order valence-electron chi connectivity index (χ2n) is 8.96. The molecule has 3 N–H and O–H groups in total. The van der Waals surface area contributed by atoms with Gasteiger partial charge in [-0.15, -0.1) is 0 Å². The lowest BCUT2D eigenvalue weighted by Gasteiger charge is -2.27. The second kappa shape index (κ2) is 6.00. The van der Waals surface area contributed by atoms with Crippen LogP contribution in [0.15, 0.2) is 17.1 Å². The Bertz CT molecular complexity index is 1150. The van der Waals surface area contributed by atoms with E-state index in [0.29, 0.717) is 24.8 Å². The van der Waals surface area contributed by atoms with Crippen LogP contribution in [0.25, 0.3) is 10.9 Å². The van der Waals surface area contributed by atoms with Crippen molar-refractivity contribution in [2.75, 3.05) is 18.0 Å². The van der Waals surface area contributed by atoms with Crippen molar-refractivity contribution in [3.05, 3.63) is 39.4 Å². The molecule has 1 aromatic carbocycles. The summed E-state index contributed by atoms with van der Waals surface area (Å²) in [7, 11) is 0. The number of rotatable bonds is 3. The number of halogens is 3. The molecule has 0 radical (unpaired) electrons. The SMILES string of the molecule is Cc1c(N2C[C@]3(N)CCC[C@]3(F)C2)c(F)cc2c(=O)c(C(=O)O)cn(C3C[C@@H]3F)c12. The number of carboxylic acids is 1. The van der Waals surface area contributed by atoms with Crippen LogP contribution in [-0.4, -0.2) is 46.1 Å². The highest BCUT2D eigenvalue weighted by molar-refractivity contribution is 5.95. The van der Waals surface area contributed by atoms with Crippen molar-refractivity contribution in [1.82, 2.24) is 4.57 Å². The molecule has 0 bridgehead atoms. The lowest BCUT2D eigenvalue weighted by molar-refractivity contribution is 0.0694. The van der Waals surface area contributed by atoms with Gasteiger partial charge in [0.15, 0.2) is 0 Å². The van der Waals surface area contributed by atoms with Crippen molar-refractivity contribution in [2.24, 2.45) is 5.73 Å². The third-order valence-corrected chi connectivity index (χ3v) is 7.07. The van der Waals surface area contributed by atoms with Gasteiger partial charge in [0.1, 0.15) is 23.2 Å². The highest BCUT2D eigenvalue weighted by Gasteiger charge is 2.60. The average molecular weight is 421 g/mol. The molecule has 2 aromatic rings. The van der Waals surface area contributed by atoms with Crippen LogP contribution in [0, 0.1) is 12.7 Å². The van der Waals surface area contributed by atoms with Crippen LogP contribution in [-0.2, 0) is 0 Å². The Morgan fingerprint density at radius 1 is 1.33 bits per heavy atom. The van der Waals surface area contributed by atoms with Gasteiger partial charge >= 0.3 is 5.97 Å². The summed E-state index contributed by atoms with van der Waals surface area (Å²) in [6.45, 7) is 1.67. The molecule has 3 fully saturated rings. The fraction of sp³-hybridized carbons (Fsp3) is 0.524. The van der Waals surface area contributed by atoms with Gasteiger partial charge in [0, 0.05) is 24.5 Å². The first-order valence-electron chi connectivity index (χ1n) is 10.0. The number of alkyl halides is 2. The van der Waals surface area contributed by atoms with Crippen molar-refractivity contribution in [3.8, 4) is 0 Å². The standard InChI is InChI=1S/C21H22F3N3O3/c1-10-16-11(18(28)12(19(29)30)7-27(16)15-6-13(15)22)5-14(23)17(10)26-8-20(24)3-2-4-21(20,25)9-26/h5,7,13,15H,2-4,6,8-9,25H2,1H3,(H,29,30)/t13-,15?,20-,21+/m0/s1. The Morgan fingerprint density at radius 2 is 2.03 bits per heavy atom. The van der Waals surface area contributed by atoms with E-state index in [9.17, 15) is 19.1 Å². The third kappa shape index (κ3) is 2.47. The lowest BCUT2D eigenvalue weighted by atomic mass is 9.89. The van der Waals surface area contributed by atoms with Crippen molar-refractivity contribution < 1.29 is 23.1 Å². The fourth-order valence-electron chi connectivity index (χ4n) is 5.38. The molecular formula is C21H22F3N3O3. The number of aromatic nitrogens is 1. The molecule has 1 unspecified atom stereocenters. The van der Waals surface area contributed by atoms with Crippen LogP contribution in [0.3, 0.4) is 0 Å². The van der Waals surface area contributed by atoms with E-state index in [1.54, 1.807) is 11.8 Å². The van der Waals surface area contributed by atoms with E-state index in [4.69, 9.17) is 5.73 Å². The van der Waals surface area contributed by atoms with Gasteiger partial charge in [-0.05, 0) is 37.8 Å². The van der Waals surface area contributed by atoms with Crippen molar-refractivity contribution in [2.45, 2.75) is 56.0 Å². The Labute approximate surface area is 170 Å². The first kappa shape index (κ1) is 19.4. The Kier molecular flexibility index (Phi) is 3.88. The second-order valence-corrected chi connectivity index (χ2v) is 8.96. The van der Waals surface area contributed by atoms with Crippen LogP contribution >= 0.6 is 0 Å². The highest BCUT2D eigenvalue weighted by Crippen LogP contribution is 2.49. The van der Waals surface area contributed by atoms with Crippen molar-refractivity contribution in [1.29, 1.82) is 0 Å².